The van der Waals surface area contributed by atoms with Crippen LogP contribution in [0.2, 0.25) is 0 Å². The van der Waals surface area contributed by atoms with Crippen molar-refractivity contribution in [2.45, 2.75) is 18.4 Å². The fourth-order valence-electron chi connectivity index (χ4n) is 2.41. The molecule has 1 aliphatic heterocycles. The second-order valence-corrected chi connectivity index (χ2v) is 5.01. The summed E-state index contributed by atoms with van der Waals surface area (Å²) in [5.74, 6) is -0.00788. The molecule has 0 radical (unpaired) electrons. The SMILES string of the molecule is COC1(C(=O)NCCOc2cccc(F)c2)CCNCC1. The first-order chi connectivity index (χ1) is 10.2. The lowest BCUT2D eigenvalue weighted by molar-refractivity contribution is -0.146. The minimum absolute atomic E-state index is 0.116. The second kappa shape index (κ2) is 7.38. The molecule has 21 heavy (non-hydrogen) atoms. The van der Waals surface area contributed by atoms with Gasteiger partial charge in [0.25, 0.3) is 5.91 Å². The molecule has 2 rings (SSSR count). The average molecular weight is 296 g/mol. The maximum absolute atomic E-state index is 13.0. The fourth-order valence-corrected chi connectivity index (χ4v) is 2.41. The number of hydrogen-bond donors (Lipinski definition) is 2. The van der Waals surface area contributed by atoms with Crippen LogP contribution in [-0.4, -0.2) is 44.9 Å². The molecule has 0 atom stereocenters. The van der Waals surface area contributed by atoms with E-state index >= 15 is 0 Å². The zero-order chi connectivity index (χ0) is 15.1. The van der Waals surface area contributed by atoms with E-state index < -0.39 is 5.60 Å². The third kappa shape index (κ3) is 4.15. The molecule has 0 bridgehead atoms. The van der Waals surface area contributed by atoms with Gasteiger partial charge in [0.15, 0.2) is 0 Å². The van der Waals surface area contributed by atoms with Crippen LogP contribution >= 0.6 is 0 Å². The van der Waals surface area contributed by atoms with Crippen molar-refractivity contribution in [2.24, 2.45) is 0 Å². The number of carbonyl (C=O) groups excluding carboxylic acids is 1. The van der Waals surface area contributed by atoms with E-state index in [1.165, 1.54) is 12.1 Å². The lowest BCUT2D eigenvalue weighted by Crippen LogP contribution is -2.54. The molecule has 116 valence electrons. The molecule has 1 saturated heterocycles. The van der Waals surface area contributed by atoms with Crippen molar-refractivity contribution in [3.8, 4) is 5.75 Å². The van der Waals surface area contributed by atoms with Gasteiger partial charge >= 0.3 is 0 Å². The highest BCUT2D eigenvalue weighted by molar-refractivity contribution is 5.85. The molecule has 0 unspecified atom stereocenters. The Balaban J connectivity index is 1.76. The number of rotatable bonds is 6. The number of methoxy groups -OCH3 is 1. The Hall–Kier alpha value is -1.66. The molecule has 0 aromatic heterocycles. The van der Waals surface area contributed by atoms with Crippen molar-refractivity contribution in [2.75, 3.05) is 33.4 Å². The molecule has 0 saturated carbocycles. The number of hydrogen-bond acceptors (Lipinski definition) is 4. The van der Waals surface area contributed by atoms with Gasteiger partial charge in [-0.05, 0) is 38.1 Å². The molecule has 6 heteroatoms. The van der Waals surface area contributed by atoms with Gasteiger partial charge in [0.05, 0.1) is 6.54 Å². The molecule has 0 aliphatic carbocycles. The molecule has 1 heterocycles. The van der Waals surface area contributed by atoms with Crippen LogP contribution < -0.4 is 15.4 Å². The normalized spacial score (nSPS) is 17.2. The van der Waals surface area contributed by atoms with E-state index in [0.717, 1.165) is 13.1 Å². The molecular formula is C15H21FN2O3. The Kier molecular flexibility index (Phi) is 5.52. The van der Waals surface area contributed by atoms with E-state index in [-0.39, 0.29) is 18.3 Å². The van der Waals surface area contributed by atoms with Gasteiger partial charge in [0.2, 0.25) is 0 Å². The molecular weight excluding hydrogens is 275 g/mol. The first-order valence-corrected chi connectivity index (χ1v) is 7.09. The lowest BCUT2D eigenvalue weighted by atomic mass is 9.91. The standard InChI is InChI=1S/C15H21FN2O3/c1-20-15(5-7-17-8-6-15)14(19)18-9-10-21-13-4-2-3-12(16)11-13/h2-4,11,17H,5-10H2,1H3,(H,18,19). The number of amides is 1. The van der Waals surface area contributed by atoms with Crippen LogP contribution in [0.15, 0.2) is 24.3 Å². The molecule has 1 aromatic carbocycles. The quantitative estimate of drug-likeness (QED) is 0.772. The van der Waals surface area contributed by atoms with Crippen LogP contribution in [0.1, 0.15) is 12.8 Å². The van der Waals surface area contributed by atoms with Crippen LogP contribution in [0.4, 0.5) is 4.39 Å². The van der Waals surface area contributed by atoms with Crippen LogP contribution in [0.25, 0.3) is 0 Å². The summed E-state index contributed by atoms with van der Waals surface area (Å²) in [6.07, 6.45) is 1.31. The predicted octanol–water partition coefficient (Wildman–Crippen LogP) is 1.09. The van der Waals surface area contributed by atoms with Crippen molar-refractivity contribution >= 4 is 5.91 Å². The summed E-state index contributed by atoms with van der Waals surface area (Å²) < 4.78 is 23.8. The summed E-state index contributed by atoms with van der Waals surface area (Å²) in [5, 5.41) is 6.02. The highest BCUT2D eigenvalue weighted by Gasteiger charge is 2.39. The van der Waals surface area contributed by atoms with E-state index in [9.17, 15) is 9.18 Å². The largest absolute Gasteiger partial charge is 0.492 e. The Bertz CT molecular complexity index is 476. The number of benzene rings is 1. The summed E-state index contributed by atoms with van der Waals surface area (Å²) in [7, 11) is 1.56. The molecule has 1 aliphatic rings. The molecule has 0 spiro atoms. The lowest BCUT2D eigenvalue weighted by Gasteiger charge is -2.34. The molecule has 2 N–H and O–H groups in total. The van der Waals surface area contributed by atoms with Crippen molar-refractivity contribution < 1.29 is 18.7 Å². The predicted molar refractivity (Wildman–Crippen MR) is 76.7 cm³/mol. The van der Waals surface area contributed by atoms with Gasteiger partial charge in [0.1, 0.15) is 23.8 Å². The summed E-state index contributed by atoms with van der Waals surface area (Å²) in [4.78, 5) is 12.2. The van der Waals surface area contributed by atoms with Gasteiger partial charge in [-0.2, -0.15) is 0 Å². The van der Waals surface area contributed by atoms with Gasteiger partial charge in [-0.3, -0.25) is 4.79 Å². The van der Waals surface area contributed by atoms with E-state index in [2.05, 4.69) is 10.6 Å². The average Bonchev–Trinajstić information content (AvgIpc) is 2.52. The monoisotopic (exact) mass is 296 g/mol. The third-order valence-electron chi connectivity index (χ3n) is 3.67. The van der Waals surface area contributed by atoms with E-state index in [1.807, 2.05) is 0 Å². The van der Waals surface area contributed by atoms with Crippen LogP contribution in [0, 0.1) is 5.82 Å². The topological polar surface area (TPSA) is 59.6 Å². The maximum atomic E-state index is 13.0. The highest BCUT2D eigenvalue weighted by Crippen LogP contribution is 2.22. The molecule has 1 aromatic rings. The number of halogens is 1. The number of nitrogens with one attached hydrogen (secondary N) is 2. The van der Waals surface area contributed by atoms with Crippen LogP contribution in [0.3, 0.4) is 0 Å². The number of piperidine rings is 1. The minimum atomic E-state index is -0.746. The van der Waals surface area contributed by atoms with Crippen LogP contribution in [0.5, 0.6) is 5.75 Å². The highest BCUT2D eigenvalue weighted by atomic mass is 19.1. The van der Waals surface area contributed by atoms with Gasteiger partial charge in [-0.1, -0.05) is 6.07 Å². The smallest absolute Gasteiger partial charge is 0.252 e. The van der Waals surface area contributed by atoms with Crippen molar-refractivity contribution in [1.29, 1.82) is 0 Å². The first-order valence-electron chi connectivity index (χ1n) is 7.09. The van der Waals surface area contributed by atoms with Crippen molar-refractivity contribution in [3.05, 3.63) is 30.1 Å². The van der Waals surface area contributed by atoms with Gasteiger partial charge < -0.3 is 20.1 Å². The summed E-state index contributed by atoms with van der Waals surface area (Å²) >= 11 is 0. The number of carbonyl (C=O) groups is 1. The maximum Gasteiger partial charge on any atom is 0.252 e. The van der Waals surface area contributed by atoms with Crippen molar-refractivity contribution in [3.63, 3.8) is 0 Å². The van der Waals surface area contributed by atoms with E-state index in [1.54, 1.807) is 19.2 Å². The Morgan fingerprint density at radius 1 is 1.43 bits per heavy atom. The summed E-state index contributed by atoms with van der Waals surface area (Å²) in [6, 6.07) is 5.92. The minimum Gasteiger partial charge on any atom is -0.492 e. The van der Waals surface area contributed by atoms with Gasteiger partial charge in [0, 0.05) is 13.2 Å². The van der Waals surface area contributed by atoms with Crippen molar-refractivity contribution in [1.82, 2.24) is 10.6 Å². The summed E-state index contributed by atoms with van der Waals surface area (Å²) in [5.41, 5.74) is -0.746. The zero-order valence-electron chi connectivity index (χ0n) is 12.2. The van der Waals surface area contributed by atoms with Gasteiger partial charge in [-0.25, -0.2) is 4.39 Å². The summed E-state index contributed by atoms with van der Waals surface area (Å²) in [6.45, 7) is 2.17. The van der Waals surface area contributed by atoms with Crippen LogP contribution in [-0.2, 0) is 9.53 Å². The second-order valence-electron chi connectivity index (χ2n) is 5.01. The zero-order valence-corrected chi connectivity index (χ0v) is 12.2. The Morgan fingerprint density at radius 3 is 2.86 bits per heavy atom. The van der Waals surface area contributed by atoms with E-state index in [0.29, 0.717) is 25.1 Å². The van der Waals surface area contributed by atoms with E-state index in [4.69, 9.17) is 9.47 Å². The Labute approximate surface area is 123 Å². The third-order valence-corrected chi connectivity index (χ3v) is 3.67. The molecule has 5 nitrogen and oxygen atoms in total. The molecule has 1 fully saturated rings. The molecule has 1 amide bonds. The fraction of sp³-hybridized carbons (Fsp3) is 0.533. The number of ether oxygens (including phenoxy) is 2. The van der Waals surface area contributed by atoms with Gasteiger partial charge in [-0.15, -0.1) is 0 Å². The first kappa shape index (κ1) is 15.7. The Morgan fingerprint density at radius 2 is 2.19 bits per heavy atom.